The molecule has 0 aromatic heterocycles. The molecule has 0 aromatic rings. The van der Waals surface area contributed by atoms with Crippen molar-refractivity contribution < 1.29 is 9.53 Å². The standard InChI is InChI=1S/C10H20BrNO2/c1-7(2)8(3)10(13)12-5-9(11)6-14-4/h7-9H,5-6H2,1-4H3,(H,12,13). The lowest BCUT2D eigenvalue weighted by Crippen LogP contribution is -2.36. The number of hydrogen-bond donors (Lipinski definition) is 1. The van der Waals surface area contributed by atoms with Gasteiger partial charge in [0.25, 0.3) is 0 Å². The first kappa shape index (κ1) is 13.9. The number of hydrogen-bond acceptors (Lipinski definition) is 2. The van der Waals surface area contributed by atoms with Crippen molar-refractivity contribution in [3.8, 4) is 0 Å². The molecule has 0 aliphatic rings. The molecule has 3 nitrogen and oxygen atoms in total. The van der Waals surface area contributed by atoms with E-state index in [1.165, 1.54) is 0 Å². The zero-order valence-corrected chi connectivity index (χ0v) is 10.9. The molecule has 2 atom stereocenters. The Hall–Kier alpha value is -0.0900. The topological polar surface area (TPSA) is 38.3 Å². The molecule has 84 valence electrons. The molecule has 1 N–H and O–H groups in total. The molecule has 2 unspecified atom stereocenters. The van der Waals surface area contributed by atoms with Gasteiger partial charge >= 0.3 is 0 Å². The SMILES string of the molecule is COCC(Br)CNC(=O)C(C)C(C)C. The fraction of sp³-hybridized carbons (Fsp3) is 0.900. The van der Waals surface area contributed by atoms with Gasteiger partial charge in [-0.15, -0.1) is 0 Å². The average molecular weight is 266 g/mol. The van der Waals surface area contributed by atoms with Crippen LogP contribution in [0.5, 0.6) is 0 Å². The molecule has 0 saturated carbocycles. The Morgan fingerprint density at radius 1 is 1.43 bits per heavy atom. The van der Waals surface area contributed by atoms with E-state index >= 15 is 0 Å². The smallest absolute Gasteiger partial charge is 0.223 e. The lowest BCUT2D eigenvalue weighted by Gasteiger charge is -2.16. The van der Waals surface area contributed by atoms with Crippen LogP contribution >= 0.6 is 15.9 Å². The molecule has 0 rings (SSSR count). The number of ether oxygens (including phenoxy) is 1. The Balaban J connectivity index is 3.73. The summed E-state index contributed by atoms with van der Waals surface area (Å²) in [4.78, 5) is 11.7. The third kappa shape index (κ3) is 5.60. The summed E-state index contributed by atoms with van der Waals surface area (Å²) in [6.45, 7) is 7.26. The first-order valence-corrected chi connectivity index (χ1v) is 5.81. The first-order valence-electron chi connectivity index (χ1n) is 4.89. The highest BCUT2D eigenvalue weighted by molar-refractivity contribution is 9.09. The molecule has 0 spiro atoms. The highest BCUT2D eigenvalue weighted by atomic mass is 79.9. The number of methoxy groups -OCH3 is 1. The Bertz CT molecular complexity index is 174. The van der Waals surface area contributed by atoms with E-state index in [1.54, 1.807) is 7.11 Å². The second kappa shape index (κ2) is 7.23. The lowest BCUT2D eigenvalue weighted by molar-refractivity contribution is -0.125. The Kier molecular flexibility index (Phi) is 7.19. The van der Waals surface area contributed by atoms with Gasteiger partial charge in [-0.3, -0.25) is 4.79 Å². The Labute approximate surface area is 94.7 Å². The van der Waals surface area contributed by atoms with E-state index in [-0.39, 0.29) is 16.7 Å². The largest absolute Gasteiger partial charge is 0.383 e. The Morgan fingerprint density at radius 3 is 2.43 bits per heavy atom. The monoisotopic (exact) mass is 265 g/mol. The van der Waals surface area contributed by atoms with Crippen LogP contribution in [0.15, 0.2) is 0 Å². The van der Waals surface area contributed by atoms with E-state index in [4.69, 9.17) is 4.74 Å². The van der Waals surface area contributed by atoms with Gasteiger partial charge in [0.2, 0.25) is 5.91 Å². The van der Waals surface area contributed by atoms with Gasteiger partial charge in [0, 0.05) is 19.6 Å². The summed E-state index contributed by atoms with van der Waals surface area (Å²) in [6, 6.07) is 0. The van der Waals surface area contributed by atoms with Crippen molar-refractivity contribution in [2.45, 2.75) is 25.6 Å². The summed E-state index contributed by atoms with van der Waals surface area (Å²) < 4.78 is 4.95. The maximum Gasteiger partial charge on any atom is 0.223 e. The van der Waals surface area contributed by atoms with E-state index in [2.05, 4.69) is 21.2 Å². The first-order chi connectivity index (χ1) is 6.49. The summed E-state index contributed by atoms with van der Waals surface area (Å²) in [5.41, 5.74) is 0. The van der Waals surface area contributed by atoms with Crippen molar-refractivity contribution in [2.24, 2.45) is 11.8 Å². The Morgan fingerprint density at radius 2 is 2.00 bits per heavy atom. The van der Waals surface area contributed by atoms with Gasteiger partial charge in [0.05, 0.1) is 11.4 Å². The van der Waals surface area contributed by atoms with E-state index in [9.17, 15) is 4.79 Å². The van der Waals surface area contributed by atoms with Crippen molar-refractivity contribution >= 4 is 21.8 Å². The van der Waals surface area contributed by atoms with Crippen LogP contribution < -0.4 is 5.32 Å². The number of amides is 1. The molecule has 0 heterocycles. The summed E-state index contributed by atoms with van der Waals surface area (Å²) in [5.74, 6) is 0.559. The van der Waals surface area contributed by atoms with Gasteiger partial charge in [-0.05, 0) is 5.92 Å². The number of halogens is 1. The van der Waals surface area contributed by atoms with Gasteiger partial charge in [0.1, 0.15) is 0 Å². The molecular weight excluding hydrogens is 246 g/mol. The van der Waals surface area contributed by atoms with Crippen LogP contribution in [0.3, 0.4) is 0 Å². The lowest BCUT2D eigenvalue weighted by atomic mass is 9.97. The molecule has 1 amide bonds. The van der Waals surface area contributed by atoms with Crippen LogP contribution in [-0.4, -0.2) is 31.0 Å². The van der Waals surface area contributed by atoms with Crippen LogP contribution in [0.1, 0.15) is 20.8 Å². The quantitative estimate of drug-likeness (QED) is 0.744. The summed E-state index contributed by atoms with van der Waals surface area (Å²) >= 11 is 3.41. The minimum Gasteiger partial charge on any atom is -0.383 e. The zero-order valence-electron chi connectivity index (χ0n) is 9.34. The maximum absolute atomic E-state index is 11.5. The van der Waals surface area contributed by atoms with E-state index < -0.39 is 0 Å². The number of alkyl halides is 1. The number of rotatable bonds is 6. The van der Waals surface area contributed by atoms with Gasteiger partial charge in [0.15, 0.2) is 0 Å². The van der Waals surface area contributed by atoms with Gasteiger partial charge in [-0.2, -0.15) is 0 Å². The molecule has 4 heteroatoms. The van der Waals surface area contributed by atoms with Crippen molar-refractivity contribution in [2.75, 3.05) is 20.3 Å². The number of carbonyl (C=O) groups is 1. The molecule has 14 heavy (non-hydrogen) atoms. The van der Waals surface area contributed by atoms with Crippen molar-refractivity contribution in [3.63, 3.8) is 0 Å². The van der Waals surface area contributed by atoms with Crippen LogP contribution in [0.4, 0.5) is 0 Å². The predicted octanol–water partition coefficient (Wildman–Crippen LogP) is 1.80. The fourth-order valence-electron chi connectivity index (χ4n) is 0.915. The zero-order chi connectivity index (χ0) is 11.1. The summed E-state index contributed by atoms with van der Waals surface area (Å²) in [5, 5.41) is 2.88. The molecule has 0 saturated heterocycles. The third-order valence-electron chi connectivity index (χ3n) is 2.26. The van der Waals surface area contributed by atoms with Crippen LogP contribution in [0.2, 0.25) is 0 Å². The van der Waals surface area contributed by atoms with E-state index in [0.29, 0.717) is 19.1 Å². The predicted molar refractivity (Wildman–Crippen MR) is 61.6 cm³/mol. The second-order valence-corrected chi connectivity index (χ2v) is 5.13. The van der Waals surface area contributed by atoms with Crippen LogP contribution in [0.25, 0.3) is 0 Å². The molecule has 0 aromatic carbocycles. The molecule has 0 aliphatic heterocycles. The summed E-state index contributed by atoms with van der Waals surface area (Å²) in [6.07, 6.45) is 0. The van der Waals surface area contributed by atoms with Crippen molar-refractivity contribution in [1.29, 1.82) is 0 Å². The van der Waals surface area contributed by atoms with E-state index in [1.807, 2.05) is 20.8 Å². The maximum atomic E-state index is 11.5. The number of nitrogens with one attached hydrogen (secondary N) is 1. The van der Waals surface area contributed by atoms with Gasteiger partial charge < -0.3 is 10.1 Å². The molecule has 0 radical (unpaired) electrons. The minimum absolute atomic E-state index is 0.0669. The van der Waals surface area contributed by atoms with Crippen molar-refractivity contribution in [1.82, 2.24) is 5.32 Å². The average Bonchev–Trinajstić information content (AvgIpc) is 2.13. The van der Waals surface area contributed by atoms with Crippen LogP contribution in [-0.2, 0) is 9.53 Å². The minimum atomic E-state index is 0.0669. The highest BCUT2D eigenvalue weighted by Gasteiger charge is 2.16. The third-order valence-corrected chi connectivity index (χ3v) is 2.85. The second-order valence-electron chi connectivity index (χ2n) is 3.83. The van der Waals surface area contributed by atoms with Crippen molar-refractivity contribution in [3.05, 3.63) is 0 Å². The molecule has 0 aliphatic carbocycles. The van der Waals surface area contributed by atoms with Gasteiger partial charge in [-0.25, -0.2) is 0 Å². The fourth-order valence-corrected chi connectivity index (χ4v) is 1.34. The highest BCUT2D eigenvalue weighted by Crippen LogP contribution is 2.09. The number of carbonyl (C=O) groups excluding carboxylic acids is 1. The summed E-state index contributed by atoms with van der Waals surface area (Å²) in [7, 11) is 1.65. The molecule has 0 bridgehead atoms. The molecular formula is C10H20BrNO2. The van der Waals surface area contributed by atoms with Crippen LogP contribution in [0, 0.1) is 11.8 Å². The normalized spacial score (nSPS) is 15.3. The van der Waals surface area contributed by atoms with E-state index in [0.717, 1.165) is 0 Å². The van der Waals surface area contributed by atoms with Gasteiger partial charge in [-0.1, -0.05) is 36.7 Å². The molecule has 0 fully saturated rings.